The van der Waals surface area contributed by atoms with Crippen molar-refractivity contribution in [3.63, 3.8) is 0 Å². The molecule has 1 unspecified atom stereocenters. The van der Waals surface area contributed by atoms with Crippen molar-refractivity contribution in [2.75, 3.05) is 0 Å². The fourth-order valence-corrected chi connectivity index (χ4v) is 2.25. The molecule has 0 saturated carbocycles. The molecule has 1 atom stereocenters. The van der Waals surface area contributed by atoms with Crippen LogP contribution in [0.5, 0.6) is 0 Å². The molecular formula is C15H21NO. The molecule has 2 nitrogen and oxygen atoms in total. The van der Waals surface area contributed by atoms with E-state index in [1.807, 2.05) is 31.3 Å². The molecule has 0 saturated heterocycles. The van der Waals surface area contributed by atoms with E-state index in [9.17, 15) is 5.11 Å². The Morgan fingerprint density at radius 1 is 1.24 bits per heavy atom. The quantitative estimate of drug-likeness (QED) is 0.751. The zero-order chi connectivity index (χ0) is 12.3. The van der Waals surface area contributed by atoms with Crippen LogP contribution in [0, 0.1) is 0 Å². The number of unbranched alkanes of at least 4 members (excludes halogenated alkanes) is 2. The molecule has 1 heterocycles. The number of rotatable bonds is 5. The average molecular weight is 231 g/mol. The minimum atomic E-state index is -0.708. The topological polar surface area (TPSA) is 36.0 Å². The summed E-state index contributed by atoms with van der Waals surface area (Å²) in [4.78, 5) is 3.17. The molecule has 0 spiro atoms. The Hall–Kier alpha value is -1.28. The van der Waals surface area contributed by atoms with Crippen LogP contribution in [-0.4, -0.2) is 10.1 Å². The van der Waals surface area contributed by atoms with Gasteiger partial charge in [-0.25, -0.2) is 0 Å². The second-order valence-corrected chi connectivity index (χ2v) is 5.01. The molecule has 2 rings (SSSR count). The van der Waals surface area contributed by atoms with E-state index in [4.69, 9.17) is 0 Å². The normalized spacial score (nSPS) is 15.0. The van der Waals surface area contributed by atoms with Gasteiger partial charge in [-0.2, -0.15) is 0 Å². The average Bonchev–Trinajstić information content (AvgIpc) is 2.76. The maximum Gasteiger partial charge on any atom is 0.0868 e. The van der Waals surface area contributed by atoms with Gasteiger partial charge in [-0.15, -0.1) is 0 Å². The number of aromatic nitrogens is 1. The van der Waals surface area contributed by atoms with Crippen molar-refractivity contribution in [1.82, 2.24) is 4.98 Å². The minimum Gasteiger partial charge on any atom is -0.385 e. The third-order valence-electron chi connectivity index (χ3n) is 3.44. The molecule has 2 N–H and O–H groups in total. The predicted molar refractivity (Wildman–Crippen MR) is 72.0 cm³/mol. The lowest BCUT2D eigenvalue weighted by Crippen LogP contribution is -2.20. The second kappa shape index (κ2) is 4.92. The van der Waals surface area contributed by atoms with Crippen molar-refractivity contribution < 1.29 is 5.11 Å². The van der Waals surface area contributed by atoms with E-state index >= 15 is 0 Å². The summed E-state index contributed by atoms with van der Waals surface area (Å²) >= 11 is 0. The highest BCUT2D eigenvalue weighted by Crippen LogP contribution is 2.29. The Labute approximate surface area is 103 Å². The third-order valence-corrected chi connectivity index (χ3v) is 3.44. The molecule has 17 heavy (non-hydrogen) atoms. The molecule has 0 bridgehead atoms. The lowest BCUT2D eigenvalue weighted by molar-refractivity contribution is 0.0451. The molecule has 0 aliphatic carbocycles. The summed E-state index contributed by atoms with van der Waals surface area (Å²) in [6.07, 6.45) is 6.21. The largest absolute Gasteiger partial charge is 0.385 e. The zero-order valence-corrected chi connectivity index (χ0v) is 10.7. The van der Waals surface area contributed by atoms with E-state index < -0.39 is 5.60 Å². The van der Waals surface area contributed by atoms with Crippen LogP contribution in [0.2, 0.25) is 0 Å². The van der Waals surface area contributed by atoms with Crippen LogP contribution >= 0.6 is 0 Å². The molecule has 1 aromatic carbocycles. The number of aliphatic hydroxyl groups is 1. The highest BCUT2D eigenvalue weighted by Gasteiger charge is 2.22. The number of nitrogens with one attached hydrogen (secondary N) is 1. The highest BCUT2D eigenvalue weighted by atomic mass is 16.3. The lowest BCUT2D eigenvalue weighted by atomic mass is 9.89. The summed E-state index contributed by atoms with van der Waals surface area (Å²) in [6, 6.07) is 8.18. The van der Waals surface area contributed by atoms with Crippen LogP contribution in [0.15, 0.2) is 30.5 Å². The first-order chi connectivity index (χ1) is 8.13. The van der Waals surface area contributed by atoms with E-state index in [-0.39, 0.29) is 0 Å². The van der Waals surface area contributed by atoms with Crippen LogP contribution in [0.1, 0.15) is 45.1 Å². The summed E-state index contributed by atoms with van der Waals surface area (Å²) in [5, 5.41) is 11.7. The molecule has 0 amide bonds. The Kier molecular flexibility index (Phi) is 3.53. The van der Waals surface area contributed by atoms with Crippen molar-refractivity contribution in [3.8, 4) is 0 Å². The first-order valence-electron chi connectivity index (χ1n) is 6.43. The smallest absolute Gasteiger partial charge is 0.0868 e. The van der Waals surface area contributed by atoms with Crippen LogP contribution in [0.4, 0.5) is 0 Å². The molecule has 0 radical (unpaired) electrons. The first kappa shape index (κ1) is 12.2. The van der Waals surface area contributed by atoms with Crippen LogP contribution < -0.4 is 0 Å². The molecule has 92 valence electrons. The van der Waals surface area contributed by atoms with E-state index in [0.29, 0.717) is 0 Å². The number of H-pyrrole nitrogens is 1. The van der Waals surface area contributed by atoms with Crippen molar-refractivity contribution >= 4 is 10.9 Å². The second-order valence-electron chi connectivity index (χ2n) is 5.01. The van der Waals surface area contributed by atoms with Gasteiger partial charge in [0, 0.05) is 11.7 Å². The number of hydrogen-bond donors (Lipinski definition) is 2. The molecule has 2 heteroatoms. The molecule has 2 aromatic rings. The Morgan fingerprint density at radius 2 is 2.06 bits per heavy atom. The summed E-state index contributed by atoms with van der Waals surface area (Å²) in [5.41, 5.74) is 1.43. The van der Waals surface area contributed by atoms with Crippen molar-refractivity contribution in [2.24, 2.45) is 0 Å². The Balaban J connectivity index is 2.18. The molecular weight excluding hydrogens is 210 g/mol. The van der Waals surface area contributed by atoms with Crippen molar-refractivity contribution in [2.45, 2.75) is 45.1 Å². The molecule has 0 aliphatic rings. The van der Waals surface area contributed by atoms with Gasteiger partial charge in [0.15, 0.2) is 0 Å². The molecule has 1 aromatic heterocycles. The number of fused-ring (bicyclic) bond motifs is 1. The van der Waals surface area contributed by atoms with Gasteiger partial charge in [0.2, 0.25) is 0 Å². The minimum absolute atomic E-state index is 0.708. The molecule has 0 fully saturated rings. The van der Waals surface area contributed by atoms with Crippen LogP contribution in [0.3, 0.4) is 0 Å². The lowest BCUT2D eigenvalue weighted by Gasteiger charge is -2.24. The van der Waals surface area contributed by atoms with Gasteiger partial charge >= 0.3 is 0 Å². The third kappa shape index (κ3) is 2.70. The summed E-state index contributed by atoms with van der Waals surface area (Å²) in [7, 11) is 0. The van der Waals surface area contributed by atoms with Gasteiger partial charge in [-0.05, 0) is 42.5 Å². The monoisotopic (exact) mass is 231 g/mol. The summed E-state index contributed by atoms with van der Waals surface area (Å²) in [5.74, 6) is 0. The van der Waals surface area contributed by atoms with Gasteiger partial charge in [0.25, 0.3) is 0 Å². The van der Waals surface area contributed by atoms with Crippen molar-refractivity contribution in [1.29, 1.82) is 0 Å². The van der Waals surface area contributed by atoms with Crippen molar-refractivity contribution in [3.05, 3.63) is 36.0 Å². The summed E-state index contributed by atoms with van der Waals surface area (Å²) < 4.78 is 0. The van der Waals surface area contributed by atoms with Gasteiger partial charge in [0.1, 0.15) is 0 Å². The highest BCUT2D eigenvalue weighted by molar-refractivity contribution is 5.80. The first-order valence-corrected chi connectivity index (χ1v) is 6.43. The van der Waals surface area contributed by atoms with Crippen LogP contribution in [-0.2, 0) is 5.60 Å². The van der Waals surface area contributed by atoms with Gasteiger partial charge in [0.05, 0.1) is 5.60 Å². The Morgan fingerprint density at radius 3 is 2.82 bits per heavy atom. The molecule has 0 aliphatic heterocycles. The van der Waals surface area contributed by atoms with E-state index in [1.54, 1.807) is 0 Å². The number of benzene rings is 1. The number of aromatic amines is 1. The fourth-order valence-electron chi connectivity index (χ4n) is 2.25. The van der Waals surface area contributed by atoms with E-state index in [0.717, 1.165) is 23.9 Å². The maximum absolute atomic E-state index is 10.5. The van der Waals surface area contributed by atoms with Gasteiger partial charge in [-0.3, -0.25) is 0 Å². The van der Waals surface area contributed by atoms with Crippen LogP contribution in [0.25, 0.3) is 10.9 Å². The van der Waals surface area contributed by atoms with E-state index in [1.165, 1.54) is 18.2 Å². The zero-order valence-electron chi connectivity index (χ0n) is 10.7. The SMILES string of the molecule is CCCCCC(C)(O)c1ccc2[nH]ccc2c1. The maximum atomic E-state index is 10.5. The fraction of sp³-hybridized carbons (Fsp3) is 0.467. The van der Waals surface area contributed by atoms with Gasteiger partial charge in [-0.1, -0.05) is 32.3 Å². The number of hydrogen-bond acceptors (Lipinski definition) is 1. The van der Waals surface area contributed by atoms with E-state index in [2.05, 4.69) is 18.0 Å². The predicted octanol–water partition coefficient (Wildman–Crippen LogP) is 3.96. The standard InChI is InChI=1S/C15H21NO/c1-3-4-5-9-15(2,17)13-6-7-14-12(11-13)8-10-16-14/h6-8,10-11,16-17H,3-5,9H2,1-2H3. The Bertz CT molecular complexity index is 484. The summed E-state index contributed by atoms with van der Waals surface area (Å²) in [6.45, 7) is 4.09. The van der Waals surface area contributed by atoms with Gasteiger partial charge < -0.3 is 10.1 Å².